The van der Waals surface area contributed by atoms with Gasteiger partial charge >= 0.3 is 0 Å². The number of nitrogens with zero attached hydrogens (tertiary/aromatic N) is 1. The molecule has 0 aromatic carbocycles. The molecular weight excluding hydrogens is 198 g/mol. The summed E-state index contributed by atoms with van der Waals surface area (Å²) in [6.45, 7) is 3.43. The Kier molecular flexibility index (Phi) is 2.08. The van der Waals surface area contributed by atoms with Crippen LogP contribution in [0.25, 0.3) is 0 Å². The second kappa shape index (κ2) is 3.10. The van der Waals surface area contributed by atoms with Gasteiger partial charge in [0.05, 0.1) is 20.6 Å². The molecule has 1 saturated heterocycles. The van der Waals surface area contributed by atoms with Crippen LogP contribution in [0.15, 0.2) is 0 Å². The van der Waals surface area contributed by atoms with Gasteiger partial charge < -0.3 is 4.48 Å². The monoisotopic (exact) mass is 222 g/mol. The maximum absolute atomic E-state index is 12.5. The van der Waals surface area contributed by atoms with E-state index in [2.05, 4.69) is 21.0 Å². The van der Waals surface area contributed by atoms with Crippen molar-refractivity contribution in [1.29, 1.82) is 0 Å². The average molecular weight is 222 g/mol. The molecule has 3 fully saturated rings. The summed E-state index contributed by atoms with van der Waals surface area (Å²) in [7, 11) is 4.53. The number of carbonyl (C=O) groups is 1. The minimum absolute atomic E-state index is 0.0640. The van der Waals surface area contributed by atoms with Gasteiger partial charge in [-0.25, -0.2) is 0 Å². The molecule has 3 atom stereocenters. The average Bonchev–Trinajstić information content (AvgIpc) is 2.98. The van der Waals surface area contributed by atoms with E-state index in [1.165, 1.54) is 32.2 Å². The van der Waals surface area contributed by atoms with Crippen molar-refractivity contribution < 1.29 is 9.28 Å². The van der Waals surface area contributed by atoms with Crippen molar-refractivity contribution >= 4 is 5.78 Å². The highest BCUT2D eigenvalue weighted by molar-refractivity contribution is 5.90. The fraction of sp³-hybridized carbons (Fsp3) is 0.929. The van der Waals surface area contributed by atoms with Crippen LogP contribution in [0, 0.1) is 17.8 Å². The topological polar surface area (TPSA) is 17.1 Å². The van der Waals surface area contributed by atoms with E-state index in [4.69, 9.17) is 0 Å². The summed E-state index contributed by atoms with van der Waals surface area (Å²) >= 11 is 0. The van der Waals surface area contributed by atoms with Crippen molar-refractivity contribution in [3.05, 3.63) is 0 Å². The maximum atomic E-state index is 12.5. The van der Waals surface area contributed by atoms with E-state index in [1.807, 2.05) is 0 Å². The standard InChI is InChI=1S/C14H24NO/c1-14-12(5-4-8-15(14,2)3)11(9-13(14)16)10-6-7-10/h10-12H,4-9H2,1-3H3/q+1/t11?,12-,14-/m1/s1. The summed E-state index contributed by atoms with van der Waals surface area (Å²) in [5, 5.41) is 0. The number of ketones is 1. The number of carbonyl (C=O) groups excluding carboxylic acids is 1. The number of rotatable bonds is 1. The molecule has 0 N–H and O–H groups in total. The minimum Gasteiger partial charge on any atom is -0.317 e. The lowest BCUT2D eigenvalue weighted by molar-refractivity contribution is -0.938. The fourth-order valence-corrected chi connectivity index (χ4v) is 4.43. The first-order valence-corrected chi connectivity index (χ1v) is 6.83. The Bertz CT molecular complexity index is 332. The third-order valence-corrected chi connectivity index (χ3v) is 5.94. The van der Waals surface area contributed by atoms with E-state index in [1.54, 1.807) is 0 Å². The van der Waals surface area contributed by atoms with Gasteiger partial charge in [-0.15, -0.1) is 0 Å². The van der Waals surface area contributed by atoms with Gasteiger partial charge in [0, 0.05) is 12.3 Å². The molecule has 3 rings (SSSR count). The number of likely N-dealkylation sites (tertiary alicyclic amines) is 1. The van der Waals surface area contributed by atoms with E-state index in [0.717, 1.165) is 22.7 Å². The Morgan fingerprint density at radius 1 is 1.25 bits per heavy atom. The number of Topliss-reactive ketones (excluding diaryl/α,β-unsaturated/α-hetero) is 1. The smallest absolute Gasteiger partial charge is 0.193 e. The highest BCUT2D eigenvalue weighted by Crippen LogP contribution is 2.56. The lowest BCUT2D eigenvalue weighted by atomic mass is 9.74. The van der Waals surface area contributed by atoms with Crippen LogP contribution in [0.4, 0.5) is 0 Å². The van der Waals surface area contributed by atoms with Crippen LogP contribution in [0.1, 0.15) is 39.0 Å². The number of quaternary nitrogens is 1. The molecule has 2 heteroatoms. The summed E-state index contributed by atoms with van der Waals surface area (Å²) in [5.74, 6) is 2.86. The van der Waals surface area contributed by atoms with E-state index in [-0.39, 0.29) is 5.54 Å². The third-order valence-electron chi connectivity index (χ3n) is 5.94. The molecule has 0 aromatic rings. The van der Waals surface area contributed by atoms with E-state index >= 15 is 0 Å². The second-order valence-electron chi connectivity index (χ2n) is 6.93. The Labute approximate surface area is 98.6 Å². The molecular formula is C14H24NO+. The molecule has 2 nitrogen and oxygen atoms in total. The van der Waals surface area contributed by atoms with Crippen LogP contribution in [0.3, 0.4) is 0 Å². The molecule has 0 spiro atoms. The Balaban J connectivity index is 1.98. The number of likely N-dealkylation sites (N-methyl/N-ethyl adjacent to an activating group) is 1. The highest BCUT2D eigenvalue weighted by Gasteiger charge is 2.64. The van der Waals surface area contributed by atoms with Crippen molar-refractivity contribution in [1.82, 2.24) is 0 Å². The Hall–Kier alpha value is -0.370. The normalized spacial score (nSPS) is 46.8. The van der Waals surface area contributed by atoms with Gasteiger partial charge in [-0.05, 0) is 44.4 Å². The third kappa shape index (κ3) is 1.20. The SMILES string of the molecule is C[C@]12C(=O)CC(C3CC3)[C@H]1CCC[N+]2(C)C. The van der Waals surface area contributed by atoms with E-state index in [0.29, 0.717) is 11.7 Å². The summed E-state index contributed by atoms with van der Waals surface area (Å²) in [6.07, 6.45) is 6.26. The van der Waals surface area contributed by atoms with Gasteiger partial charge in [0.1, 0.15) is 0 Å². The quantitative estimate of drug-likeness (QED) is 0.622. The second-order valence-corrected chi connectivity index (χ2v) is 6.93. The zero-order valence-corrected chi connectivity index (χ0v) is 10.8. The van der Waals surface area contributed by atoms with Crippen molar-refractivity contribution in [3.8, 4) is 0 Å². The first-order chi connectivity index (χ1) is 7.47. The summed E-state index contributed by atoms with van der Waals surface area (Å²) < 4.78 is 0.930. The first-order valence-electron chi connectivity index (χ1n) is 6.83. The molecule has 2 aliphatic carbocycles. The molecule has 0 aromatic heterocycles. The molecule has 0 bridgehead atoms. The van der Waals surface area contributed by atoms with Gasteiger partial charge in [-0.1, -0.05) is 0 Å². The summed E-state index contributed by atoms with van der Waals surface area (Å²) in [4.78, 5) is 12.5. The molecule has 0 radical (unpaired) electrons. The molecule has 2 saturated carbocycles. The lowest BCUT2D eigenvalue weighted by Gasteiger charge is -2.51. The van der Waals surface area contributed by atoms with Crippen molar-refractivity contribution in [2.45, 2.75) is 44.6 Å². The predicted molar refractivity (Wildman–Crippen MR) is 63.9 cm³/mol. The molecule has 1 aliphatic heterocycles. The Morgan fingerprint density at radius 3 is 2.56 bits per heavy atom. The molecule has 3 aliphatic rings. The summed E-state index contributed by atoms with van der Waals surface area (Å²) in [6, 6.07) is 0. The van der Waals surface area contributed by atoms with Crippen LogP contribution in [-0.4, -0.2) is 36.4 Å². The van der Waals surface area contributed by atoms with E-state index in [9.17, 15) is 4.79 Å². The van der Waals surface area contributed by atoms with Gasteiger partial charge in [-0.2, -0.15) is 0 Å². The molecule has 1 unspecified atom stereocenters. The first kappa shape index (κ1) is 10.8. The molecule has 0 amide bonds. The Morgan fingerprint density at radius 2 is 1.94 bits per heavy atom. The maximum Gasteiger partial charge on any atom is 0.193 e. The van der Waals surface area contributed by atoms with Crippen molar-refractivity contribution in [2.75, 3.05) is 20.6 Å². The fourth-order valence-electron chi connectivity index (χ4n) is 4.43. The predicted octanol–water partition coefficient (Wildman–Crippen LogP) is 2.23. The number of hydrogen-bond acceptors (Lipinski definition) is 1. The van der Waals surface area contributed by atoms with Gasteiger partial charge in [0.2, 0.25) is 0 Å². The van der Waals surface area contributed by atoms with Gasteiger partial charge in [-0.3, -0.25) is 4.79 Å². The molecule has 1 heterocycles. The van der Waals surface area contributed by atoms with Gasteiger partial charge in [0.25, 0.3) is 0 Å². The number of fused-ring (bicyclic) bond motifs is 1. The van der Waals surface area contributed by atoms with Crippen LogP contribution >= 0.6 is 0 Å². The number of hydrogen-bond donors (Lipinski definition) is 0. The minimum atomic E-state index is -0.0640. The zero-order chi connectivity index (χ0) is 11.6. The number of piperidine rings is 1. The van der Waals surface area contributed by atoms with Crippen LogP contribution < -0.4 is 0 Å². The van der Waals surface area contributed by atoms with E-state index < -0.39 is 0 Å². The highest BCUT2D eigenvalue weighted by atomic mass is 16.1. The molecule has 90 valence electrons. The van der Waals surface area contributed by atoms with Crippen LogP contribution in [-0.2, 0) is 4.79 Å². The van der Waals surface area contributed by atoms with Crippen molar-refractivity contribution in [3.63, 3.8) is 0 Å². The largest absolute Gasteiger partial charge is 0.317 e. The summed E-state index contributed by atoms with van der Waals surface area (Å²) in [5.41, 5.74) is -0.0640. The lowest BCUT2D eigenvalue weighted by Crippen LogP contribution is -2.66. The van der Waals surface area contributed by atoms with Crippen LogP contribution in [0.2, 0.25) is 0 Å². The molecule has 16 heavy (non-hydrogen) atoms. The van der Waals surface area contributed by atoms with Gasteiger partial charge in [0.15, 0.2) is 11.3 Å². The van der Waals surface area contributed by atoms with Crippen LogP contribution in [0.5, 0.6) is 0 Å². The van der Waals surface area contributed by atoms with Crippen molar-refractivity contribution in [2.24, 2.45) is 17.8 Å². The zero-order valence-electron chi connectivity index (χ0n) is 10.8.